The summed E-state index contributed by atoms with van der Waals surface area (Å²) in [7, 11) is -3.80. The van der Waals surface area contributed by atoms with Crippen molar-refractivity contribution in [2.75, 3.05) is 26.2 Å². The third-order valence-electron chi connectivity index (χ3n) is 5.17. The van der Waals surface area contributed by atoms with E-state index in [1.807, 2.05) is 36.4 Å². The molecule has 1 heterocycles. The van der Waals surface area contributed by atoms with Crippen LogP contribution in [0, 0.1) is 0 Å². The van der Waals surface area contributed by atoms with Gasteiger partial charge in [-0.05, 0) is 41.3 Å². The van der Waals surface area contributed by atoms with E-state index >= 15 is 0 Å². The molecule has 6 heteroatoms. The van der Waals surface area contributed by atoms with E-state index in [0.29, 0.717) is 11.5 Å². The van der Waals surface area contributed by atoms with Gasteiger partial charge in [0.15, 0.2) is 0 Å². The lowest BCUT2D eigenvalue weighted by molar-refractivity contribution is -0.0281. The third kappa shape index (κ3) is 4.58. The van der Waals surface area contributed by atoms with Crippen molar-refractivity contribution in [1.29, 1.82) is 0 Å². The van der Waals surface area contributed by atoms with Crippen molar-refractivity contribution < 1.29 is 13.2 Å². The van der Waals surface area contributed by atoms with Crippen LogP contribution in [-0.2, 0) is 14.8 Å². The molecule has 5 nitrogen and oxygen atoms in total. The summed E-state index contributed by atoms with van der Waals surface area (Å²) >= 11 is 0. The highest BCUT2D eigenvalue weighted by Crippen LogP contribution is 2.32. The van der Waals surface area contributed by atoms with Crippen LogP contribution in [0.1, 0.15) is 43.9 Å². The Bertz CT molecular complexity index is 892. The zero-order valence-electron chi connectivity index (χ0n) is 16.2. The van der Waals surface area contributed by atoms with Gasteiger partial charge < -0.3 is 4.74 Å². The van der Waals surface area contributed by atoms with Gasteiger partial charge in [0.2, 0.25) is 10.0 Å². The summed E-state index contributed by atoms with van der Waals surface area (Å²) < 4.78 is 30.0. The van der Waals surface area contributed by atoms with E-state index in [2.05, 4.69) is 25.7 Å². The smallest absolute Gasteiger partial charge is 0.238 e. The molecule has 1 fully saturated rings. The fraction of sp³-hybridized carbons (Fsp3) is 0.429. The van der Waals surface area contributed by atoms with Crippen LogP contribution in [-0.4, -0.2) is 39.6 Å². The maximum Gasteiger partial charge on any atom is 0.238 e. The summed E-state index contributed by atoms with van der Waals surface area (Å²) in [5, 5.41) is 5.45. The maximum absolute atomic E-state index is 12.0. The van der Waals surface area contributed by atoms with Crippen LogP contribution in [0.15, 0.2) is 47.4 Å². The van der Waals surface area contributed by atoms with Gasteiger partial charge in [0, 0.05) is 18.7 Å². The Morgan fingerprint density at radius 1 is 1.19 bits per heavy atom. The Morgan fingerprint density at radius 2 is 1.89 bits per heavy atom. The molecular weight excluding hydrogens is 360 g/mol. The molecule has 0 bridgehead atoms. The summed E-state index contributed by atoms with van der Waals surface area (Å²) in [4.78, 5) is 2.53. The SMILES string of the molecule is CCN1CCOC(c2ccc(-c3cc(C(C)C)ccc3S(N)(=O)=O)cc2)C1. The molecule has 1 atom stereocenters. The molecule has 3 rings (SSSR count). The molecule has 2 aromatic carbocycles. The molecule has 146 valence electrons. The number of sulfonamides is 1. The first-order chi connectivity index (χ1) is 12.8. The number of morpholine rings is 1. The van der Waals surface area contributed by atoms with E-state index in [1.165, 1.54) is 0 Å². The van der Waals surface area contributed by atoms with Crippen molar-refractivity contribution in [3.8, 4) is 11.1 Å². The molecule has 1 aliphatic heterocycles. The van der Waals surface area contributed by atoms with Crippen LogP contribution in [0.5, 0.6) is 0 Å². The van der Waals surface area contributed by atoms with Crippen molar-refractivity contribution in [3.63, 3.8) is 0 Å². The van der Waals surface area contributed by atoms with Gasteiger partial charge in [-0.15, -0.1) is 0 Å². The molecule has 1 unspecified atom stereocenters. The van der Waals surface area contributed by atoms with Crippen LogP contribution >= 0.6 is 0 Å². The van der Waals surface area contributed by atoms with Crippen LogP contribution < -0.4 is 5.14 Å². The van der Waals surface area contributed by atoms with E-state index in [4.69, 9.17) is 9.88 Å². The van der Waals surface area contributed by atoms with E-state index in [0.717, 1.165) is 42.9 Å². The molecule has 0 spiro atoms. The number of likely N-dealkylation sites (N-methyl/N-ethyl adjacent to an activating group) is 1. The summed E-state index contributed by atoms with van der Waals surface area (Å²) in [5.41, 5.74) is 3.67. The number of ether oxygens (including phenoxy) is 1. The fourth-order valence-electron chi connectivity index (χ4n) is 3.45. The molecule has 2 N–H and O–H groups in total. The highest BCUT2D eigenvalue weighted by molar-refractivity contribution is 7.89. The number of rotatable bonds is 5. The van der Waals surface area contributed by atoms with Crippen LogP contribution in [0.2, 0.25) is 0 Å². The Morgan fingerprint density at radius 3 is 2.48 bits per heavy atom. The molecule has 27 heavy (non-hydrogen) atoms. The van der Waals surface area contributed by atoms with E-state index in [-0.39, 0.29) is 11.0 Å². The minimum absolute atomic E-state index is 0.0486. The molecule has 1 aliphatic rings. The predicted molar refractivity (Wildman–Crippen MR) is 108 cm³/mol. The van der Waals surface area contributed by atoms with Crippen LogP contribution in [0.25, 0.3) is 11.1 Å². The number of hydrogen-bond acceptors (Lipinski definition) is 4. The molecule has 2 aromatic rings. The average molecular weight is 389 g/mol. The lowest BCUT2D eigenvalue weighted by atomic mass is 9.96. The zero-order valence-corrected chi connectivity index (χ0v) is 17.0. The van der Waals surface area contributed by atoms with Gasteiger partial charge >= 0.3 is 0 Å². The third-order valence-corrected chi connectivity index (χ3v) is 6.14. The number of benzene rings is 2. The molecular formula is C21H28N2O3S. The zero-order chi connectivity index (χ0) is 19.6. The first-order valence-electron chi connectivity index (χ1n) is 9.40. The number of hydrogen-bond donors (Lipinski definition) is 1. The minimum atomic E-state index is -3.80. The Labute approximate surface area is 162 Å². The van der Waals surface area contributed by atoms with E-state index < -0.39 is 10.0 Å². The van der Waals surface area contributed by atoms with Crippen molar-refractivity contribution in [1.82, 2.24) is 4.90 Å². The van der Waals surface area contributed by atoms with Crippen LogP contribution in [0.4, 0.5) is 0 Å². The first-order valence-corrected chi connectivity index (χ1v) is 10.9. The van der Waals surface area contributed by atoms with Gasteiger partial charge in [-0.25, -0.2) is 13.6 Å². The van der Waals surface area contributed by atoms with Crippen molar-refractivity contribution in [2.45, 2.75) is 37.7 Å². The highest BCUT2D eigenvalue weighted by atomic mass is 32.2. The maximum atomic E-state index is 12.0. The molecule has 0 aromatic heterocycles. The normalized spacial score (nSPS) is 18.8. The second-order valence-corrected chi connectivity index (χ2v) is 8.86. The summed E-state index contributed by atoms with van der Waals surface area (Å²) in [5.74, 6) is 0.299. The van der Waals surface area contributed by atoms with Gasteiger partial charge in [0.05, 0.1) is 17.6 Å². The van der Waals surface area contributed by atoms with Gasteiger partial charge in [-0.1, -0.05) is 51.1 Å². The number of nitrogens with two attached hydrogens (primary N) is 1. The van der Waals surface area contributed by atoms with Gasteiger partial charge in [-0.2, -0.15) is 0 Å². The standard InChI is InChI=1S/C21H28N2O3S/c1-4-23-11-12-26-20(14-23)17-7-5-16(6-8-17)19-13-18(15(2)3)9-10-21(19)27(22,24)25/h5-10,13,15,20H,4,11-12,14H2,1-3H3,(H2,22,24,25). The Balaban J connectivity index is 1.96. The van der Waals surface area contributed by atoms with E-state index in [1.54, 1.807) is 6.07 Å². The average Bonchev–Trinajstić information content (AvgIpc) is 2.67. The van der Waals surface area contributed by atoms with Gasteiger partial charge in [0.1, 0.15) is 0 Å². The summed E-state index contributed by atoms with van der Waals surface area (Å²) in [6.07, 6.45) is 0.0486. The molecule has 1 saturated heterocycles. The summed E-state index contributed by atoms with van der Waals surface area (Å²) in [6.45, 7) is 9.90. The second kappa shape index (κ2) is 8.10. The molecule has 0 radical (unpaired) electrons. The molecule has 0 saturated carbocycles. The Hall–Kier alpha value is -1.73. The predicted octanol–water partition coefficient (Wildman–Crippen LogP) is 3.52. The van der Waals surface area contributed by atoms with Crippen LogP contribution in [0.3, 0.4) is 0 Å². The first kappa shape index (κ1) is 20.0. The largest absolute Gasteiger partial charge is 0.371 e. The highest BCUT2D eigenvalue weighted by Gasteiger charge is 2.21. The van der Waals surface area contributed by atoms with Gasteiger partial charge in [-0.3, -0.25) is 4.90 Å². The van der Waals surface area contributed by atoms with Crippen molar-refractivity contribution in [2.24, 2.45) is 5.14 Å². The lowest BCUT2D eigenvalue weighted by Crippen LogP contribution is -2.38. The summed E-state index contributed by atoms with van der Waals surface area (Å²) in [6, 6.07) is 13.3. The van der Waals surface area contributed by atoms with E-state index in [9.17, 15) is 8.42 Å². The number of nitrogens with zero attached hydrogens (tertiary/aromatic N) is 1. The quantitative estimate of drug-likeness (QED) is 0.851. The lowest BCUT2D eigenvalue weighted by Gasteiger charge is -2.32. The molecule has 0 amide bonds. The topological polar surface area (TPSA) is 72.6 Å². The fourth-order valence-corrected chi connectivity index (χ4v) is 4.19. The second-order valence-electron chi connectivity index (χ2n) is 7.33. The minimum Gasteiger partial charge on any atom is -0.371 e. The van der Waals surface area contributed by atoms with Crippen molar-refractivity contribution >= 4 is 10.0 Å². The monoisotopic (exact) mass is 388 g/mol. The Kier molecular flexibility index (Phi) is 6.01. The molecule has 0 aliphatic carbocycles. The number of primary sulfonamides is 1. The van der Waals surface area contributed by atoms with Crippen molar-refractivity contribution in [3.05, 3.63) is 53.6 Å². The van der Waals surface area contributed by atoms with Gasteiger partial charge in [0.25, 0.3) is 0 Å².